The number of allylic oxidation sites excluding steroid dienone is 2. The van der Waals surface area contributed by atoms with E-state index in [4.69, 9.17) is 15.2 Å². The molecule has 218 valence electrons. The number of carbonyl (C=O) groups is 2. The van der Waals surface area contributed by atoms with E-state index in [0.717, 1.165) is 55.5 Å². The summed E-state index contributed by atoms with van der Waals surface area (Å²) in [5, 5.41) is 16.5. The molecule has 4 N–H and O–H groups in total. The number of H-pyrrole nitrogens is 1. The number of aryl methyl sites for hydroxylation is 2. The number of ketones is 1. The van der Waals surface area contributed by atoms with Crippen LogP contribution in [0.3, 0.4) is 0 Å². The highest BCUT2D eigenvalue weighted by Crippen LogP contribution is 2.24. The van der Waals surface area contributed by atoms with Crippen molar-refractivity contribution in [2.24, 2.45) is 11.7 Å². The molecule has 0 bridgehead atoms. The number of carbonyl (C=O) groups excluding carboxylic acids is 1. The van der Waals surface area contributed by atoms with Crippen molar-refractivity contribution in [3.05, 3.63) is 65.5 Å². The Hall–Kier alpha value is -3.39. The lowest BCUT2D eigenvalue weighted by Crippen LogP contribution is -2.06. The number of aromatic amines is 1. The van der Waals surface area contributed by atoms with E-state index in [9.17, 15) is 14.7 Å². The Bertz CT molecular complexity index is 1010. The van der Waals surface area contributed by atoms with Crippen LogP contribution in [0.2, 0.25) is 0 Å². The molecule has 8 heteroatoms. The van der Waals surface area contributed by atoms with Crippen LogP contribution >= 0.6 is 0 Å². The first-order chi connectivity index (χ1) is 18.6. The first kappa shape index (κ1) is 35.6. The second-order valence-electron chi connectivity index (χ2n) is 9.03. The standard InChI is InChI=1S/C21H31N3O4.C8H12O.C2H6/c1-15-20(16(2)24-23-15)8-7-11-28-19-13-17(21(25)26)12-18(14-19)27-10-6-4-3-5-9-22;1-5-6(2)7(3)8(4)9;1-2/h12-14H,3-11,22H2,1-2H3,(H,23,24)(H,25,26);5,7H,1-2H2,3-4H3;1-2H3. The molecule has 0 spiro atoms. The summed E-state index contributed by atoms with van der Waals surface area (Å²) < 4.78 is 11.5. The highest BCUT2D eigenvalue weighted by molar-refractivity contribution is 5.88. The lowest BCUT2D eigenvalue weighted by Gasteiger charge is -2.11. The molecule has 0 aliphatic carbocycles. The molecule has 1 heterocycles. The Labute approximate surface area is 234 Å². The third-order valence-electron chi connectivity index (χ3n) is 6.04. The SMILES string of the molecule is C=CC(=C)C(C)C(C)=O.CC.Cc1n[nH]c(C)c1CCCOc1cc(OCCCCCCN)cc(C(=O)O)c1. The van der Waals surface area contributed by atoms with Crippen molar-refractivity contribution in [3.8, 4) is 11.5 Å². The summed E-state index contributed by atoms with van der Waals surface area (Å²) >= 11 is 0. The molecule has 0 saturated carbocycles. The fourth-order valence-electron chi connectivity index (χ4n) is 3.47. The van der Waals surface area contributed by atoms with E-state index in [1.165, 1.54) is 17.7 Å². The van der Waals surface area contributed by atoms with Crippen molar-refractivity contribution in [3.63, 3.8) is 0 Å². The van der Waals surface area contributed by atoms with Crippen LogP contribution in [0.15, 0.2) is 43.0 Å². The topological polar surface area (TPSA) is 128 Å². The van der Waals surface area contributed by atoms with Gasteiger partial charge < -0.3 is 20.3 Å². The van der Waals surface area contributed by atoms with E-state index in [2.05, 4.69) is 23.4 Å². The molecule has 8 nitrogen and oxygen atoms in total. The number of benzene rings is 1. The number of unbranched alkanes of at least 4 members (excludes halogenated alkanes) is 3. The number of rotatable bonds is 16. The Balaban J connectivity index is 0.00000111. The molecule has 1 atom stereocenters. The predicted octanol–water partition coefficient (Wildman–Crippen LogP) is 6.61. The average Bonchev–Trinajstić information content (AvgIpc) is 3.25. The lowest BCUT2D eigenvalue weighted by molar-refractivity contribution is -0.119. The molecular weight excluding hydrogens is 494 g/mol. The molecule has 1 aromatic carbocycles. The third kappa shape index (κ3) is 14.4. The number of carboxylic acid groups (broad SMARTS) is 1. The normalized spacial score (nSPS) is 10.7. The molecule has 0 aliphatic heterocycles. The van der Waals surface area contributed by atoms with Gasteiger partial charge in [0, 0.05) is 17.7 Å². The maximum atomic E-state index is 11.4. The van der Waals surface area contributed by atoms with Crippen molar-refractivity contribution in [2.45, 2.75) is 80.1 Å². The highest BCUT2D eigenvalue weighted by Gasteiger charge is 2.10. The first-order valence-electron chi connectivity index (χ1n) is 13.8. The van der Waals surface area contributed by atoms with Gasteiger partial charge in [-0.15, -0.1) is 0 Å². The molecule has 39 heavy (non-hydrogen) atoms. The van der Waals surface area contributed by atoms with E-state index in [1.807, 2.05) is 34.6 Å². The summed E-state index contributed by atoms with van der Waals surface area (Å²) in [6.45, 7) is 20.3. The zero-order valence-corrected chi connectivity index (χ0v) is 24.8. The number of ether oxygens (including phenoxy) is 2. The van der Waals surface area contributed by atoms with Crippen LogP contribution in [0, 0.1) is 19.8 Å². The van der Waals surface area contributed by atoms with Crippen LogP contribution in [0.4, 0.5) is 0 Å². The summed E-state index contributed by atoms with van der Waals surface area (Å²) in [5.74, 6) is 0.110. The smallest absolute Gasteiger partial charge is 0.335 e. The molecule has 0 amide bonds. The van der Waals surface area contributed by atoms with Gasteiger partial charge in [-0.3, -0.25) is 9.89 Å². The number of hydrogen-bond donors (Lipinski definition) is 3. The summed E-state index contributed by atoms with van der Waals surface area (Å²) in [7, 11) is 0. The van der Waals surface area contributed by atoms with E-state index >= 15 is 0 Å². The van der Waals surface area contributed by atoms with Gasteiger partial charge in [0.1, 0.15) is 17.3 Å². The van der Waals surface area contributed by atoms with Crippen molar-refractivity contribution < 1.29 is 24.2 Å². The quantitative estimate of drug-likeness (QED) is 0.160. The number of Topliss-reactive ketones (excluding diaryl/α,β-unsaturated/α-hetero) is 1. The largest absolute Gasteiger partial charge is 0.493 e. The minimum absolute atomic E-state index is 0.0671. The minimum Gasteiger partial charge on any atom is -0.493 e. The van der Waals surface area contributed by atoms with E-state index < -0.39 is 5.97 Å². The first-order valence-corrected chi connectivity index (χ1v) is 13.8. The highest BCUT2D eigenvalue weighted by atomic mass is 16.5. The van der Waals surface area contributed by atoms with Gasteiger partial charge in [0.25, 0.3) is 0 Å². The summed E-state index contributed by atoms with van der Waals surface area (Å²) in [4.78, 5) is 22.0. The van der Waals surface area contributed by atoms with Crippen LogP contribution in [-0.4, -0.2) is 46.8 Å². The molecule has 0 saturated heterocycles. The average molecular weight is 544 g/mol. The maximum Gasteiger partial charge on any atom is 0.335 e. The second-order valence-corrected chi connectivity index (χ2v) is 9.03. The van der Waals surface area contributed by atoms with Gasteiger partial charge >= 0.3 is 5.97 Å². The van der Waals surface area contributed by atoms with Gasteiger partial charge in [-0.05, 0) is 76.3 Å². The number of carboxylic acids is 1. The maximum absolute atomic E-state index is 11.4. The molecule has 0 fully saturated rings. The zero-order valence-electron chi connectivity index (χ0n) is 24.8. The molecular formula is C31H49N3O5. The van der Waals surface area contributed by atoms with Crippen molar-refractivity contribution in [1.82, 2.24) is 10.2 Å². The van der Waals surface area contributed by atoms with Crippen LogP contribution in [0.25, 0.3) is 0 Å². The van der Waals surface area contributed by atoms with Crippen molar-refractivity contribution >= 4 is 11.8 Å². The van der Waals surface area contributed by atoms with E-state index in [0.29, 0.717) is 31.3 Å². The van der Waals surface area contributed by atoms with E-state index in [-0.39, 0.29) is 17.3 Å². The van der Waals surface area contributed by atoms with Gasteiger partial charge in [-0.2, -0.15) is 5.10 Å². The van der Waals surface area contributed by atoms with Gasteiger partial charge in [0.2, 0.25) is 0 Å². The summed E-state index contributed by atoms with van der Waals surface area (Å²) in [6, 6.07) is 4.82. The Morgan fingerprint density at radius 1 is 1.05 bits per heavy atom. The second kappa shape index (κ2) is 20.6. The number of aromatic carboxylic acids is 1. The molecule has 2 aromatic rings. The third-order valence-corrected chi connectivity index (χ3v) is 6.04. The molecule has 2 rings (SSSR count). The van der Waals surface area contributed by atoms with Crippen LogP contribution in [0.1, 0.15) is 87.1 Å². The van der Waals surface area contributed by atoms with Gasteiger partial charge in [0.15, 0.2) is 0 Å². The van der Waals surface area contributed by atoms with Crippen molar-refractivity contribution in [2.75, 3.05) is 19.8 Å². The molecule has 0 aliphatic rings. The minimum atomic E-state index is -0.997. The van der Waals surface area contributed by atoms with Gasteiger partial charge in [-0.25, -0.2) is 4.79 Å². The number of nitrogens with zero attached hydrogens (tertiary/aromatic N) is 1. The number of nitrogens with one attached hydrogen (secondary N) is 1. The number of aromatic nitrogens is 2. The van der Waals surface area contributed by atoms with Crippen molar-refractivity contribution in [1.29, 1.82) is 0 Å². The summed E-state index contributed by atoms with van der Waals surface area (Å²) in [5.41, 5.74) is 9.73. The molecule has 1 unspecified atom stereocenters. The fourth-order valence-corrected chi connectivity index (χ4v) is 3.47. The Morgan fingerprint density at radius 2 is 1.62 bits per heavy atom. The number of hydrogen-bond acceptors (Lipinski definition) is 6. The van der Waals surface area contributed by atoms with Crippen LogP contribution in [0.5, 0.6) is 11.5 Å². The molecule has 0 radical (unpaired) electrons. The van der Waals surface area contributed by atoms with Crippen LogP contribution < -0.4 is 15.2 Å². The van der Waals surface area contributed by atoms with Gasteiger partial charge in [-0.1, -0.05) is 52.8 Å². The monoisotopic (exact) mass is 543 g/mol. The van der Waals surface area contributed by atoms with Gasteiger partial charge in [0.05, 0.1) is 24.5 Å². The summed E-state index contributed by atoms with van der Waals surface area (Å²) in [6.07, 6.45) is 7.35. The fraction of sp³-hybridized carbons (Fsp3) is 0.516. The van der Waals surface area contributed by atoms with E-state index in [1.54, 1.807) is 19.1 Å². The molecule has 1 aromatic heterocycles. The number of nitrogens with two attached hydrogens (primary N) is 1. The predicted molar refractivity (Wildman–Crippen MR) is 159 cm³/mol. The Kier molecular flexibility index (Phi) is 18.8. The lowest BCUT2D eigenvalue weighted by atomic mass is 9.99. The zero-order chi connectivity index (χ0) is 29.8. The van der Waals surface area contributed by atoms with Crippen LogP contribution in [-0.2, 0) is 11.2 Å². The Morgan fingerprint density at radius 3 is 2.05 bits per heavy atom.